The third-order valence-corrected chi connectivity index (χ3v) is 2.87. The average Bonchev–Trinajstić information content (AvgIpc) is 2.45. The molecule has 8 heteroatoms. The maximum atomic E-state index is 10.5. The molecule has 2 radical (unpaired) electrons. The van der Waals surface area contributed by atoms with E-state index in [1.54, 1.807) is 0 Å². The molecule has 1 heterocycles. The largest absolute Gasteiger partial charge is 0.772 e. The molecule has 1 saturated heterocycles. The summed E-state index contributed by atoms with van der Waals surface area (Å²) in [6.45, 7) is 0.635. The standard InChI is InChI=1S/C8H15BO6S/c1-13-2-3-14-7-6(10)5(4-16(11)12)15-8(7)9/h5-8,10H,2-4H2,1H3,(H,11,12)/p-1/t5-,6?,7?,8-/m1/s1. The van der Waals surface area contributed by atoms with Crippen molar-refractivity contribution in [3.05, 3.63) is 0 Å². The van der Waals surface area contributed by atoms with E-state index in [4.69, 9.17) is 22.1 Å². The van der Waals surface area contributed by atoms with Crippen LogP contribution >= 0.6 is 0 Å². The molecule has 3 unspecified atom stereocenters. The van der Waals surface area contributed by atoms with E-state index in [1.807, 2.05) is 0 Å². The van der Waals surface area contributed by atoms with Crippen LogP contribution in [-0.4, -0.2) is 72.1 Å². The van der Waals surface area contributed by atoms with Crippen molar-refractivity contribution in [1.29, 1.82) is 0 Å². The van der Waals surface area contributed by atoms with Crippen molar-refractivity contribution in [1.82, 2.24) is 0 Å². The first-order valence-electron chi connectivity index (χ1n) is 4.81. The van der Waals surface area contributed by atoms with Gasteiger partial charge in [-0.2, -0.15) is 0 Å². The first-order valence-corrected chi connectivity index (χ1v) is 6.06. The molecule has 6 nitrogen and oxygen atoms in total. The summed E-state index contributed by atoms with van der Waals surface area (Å²) in [6.07, 6.45) is -2.59. The van der Waals surface area contributed by atoms with E-state index in [2.05, 4.69) is 0 Å². The molecule has 16 heavy (non-hydrogen) atoms. The highest BCUT2D eigenvalue weighted by atomic mass is 32.2. The minimum Gasteiger partial charge on any atom is -0.772 e. The molecule has 0 aromatic rings. The van der Waals surface area contributed by atoms with Crippen LogP contribution in [0.1, 0.15) is 0 Å². The van der Waals surface area contributed by atoms with Crippen molar-refractivity contribution >= 4 is 18.9 Å². The summed E-state index contributed by atoms with van der Waals surface area (Å²) >= 11 is -2.28. The molecule has 1 fully saturated rings. The van der Waals surface area contributed by atoms with Crippen LogP contribution in [0, 0.1) is 0 Å². The Balaban J connectivity index is 2.43. The van der Waals surface area contributed by atoms with E-state index >= 15 is 0 Å². The van der Waals surface area contributed by atoms with Gasteiger partial charge in [0.15, 0.2) is 0 Å². The van der Waals surface area contributed by atoms with Gasteiger partial charge in [0.2, 0.25) is 0 Å². The van der Waals surface area contributed by atoms with Crippen molar-refractivity contribution in [2.75, 3.05) is 26.1 Å². The van der Waals surface area contributed by atoms with Gasteiger partial charge in [0, 0.05) is 18.9 Å². The molecule has 1 aliphatic rings. The molecule has 0 aromatic carbocycles. The fourth-order valence-electron chi connectivity index (χ4n) is 1.50. The summed E-state index contributed by atoms with van der Waals surface area (Å²) in [6, 6.07) is -0.819. The predicted octanol–water partition coefficient (Wildman–Crippen LogP) is -1.85. The van der Waals surface area contributed by atoms with Crippen LogP contribution < -0.4 is 0 Å². The van der Waals surface area contributed by atoms with E-state index in [0.717, 1.165) is 0 Å². The second-order valence-corrected chi connectivity index (χ2v) is 4.37. The van der Waals surface area contributed by atoms with Crippen molar-refractivity contribution in [3.63, 3.8) is 0 Å². The second-order valence-electron chi connectivity index (χ2n) is 3.43. The number of hydrogen-bond donors (Lipinski definition) is 1. The molecular formula is C8H14BO6S-. The average molecular weight is 249 g/mol. The van der Waals surface area contributed by atoms with Gasteiger partial charge in [0.1, 0.15) is 20.1 Å². The minimum atomic E-state index is -2.28. The first kappa shape index (κ1) is 14.1. The Hall–Kier alpha value is 0.0149. The van der Waals surface area contributed by atoms with Gasteiger partial charge < -0.3 is 23.9 Å². The lowest BCUT2D eigenvalue weighted by Gasteiger charge is -2.19. The Morgan fingerprint density at radius 3 is 2.81 bits per heavy atom. The minimum absolute atomic E-state index is 0.266. The van der Waals surface area contributed by atoms with Gasteiger partial charge in [0.05, 0.1) is 19.3 Å². The molecule has 0 aliphatic carbocycles. The fraction of sp³-hybridized carbons (Fsp3) is 1.00. The highest BCUT2D eigenvalue weighted by Gasteiger charge is 2.41. The molecule has 1 rings (SSSR count). The SMILES string of the molecule is [B][C@@H]1O[C@H](CS(=O)[O-])C(O)C1OCCOC. The first-order chi connectivity index (χ1) is 7.56. The maximum absolute atomic E-state index is 10.5. The zero-order valence-electron chi connectivity index (χ0n) is 8.90. The third-order valence-electron chi connectivity index (χ3n) is 2.27. The molecule has 92 valence electrons. The van der Waals surface area contributed by atoms with Gasteiger partial charge in [-0.25, -0.2) is 0 Å². The number of ether oxygens (including phenoxy) is 3. The van der Waals surface area contributed by atoms with Gasteiger partial charge in [-0.3, -0.25) is 4.21 Å². The van der Waals surface area contributed by atoms with Crippen LogP contribution in [0.5, 0.6) is 0 Å². The number of aliphatic hydroxyl groups excluding tert-OH is 1. The Bertz CT molecular complexity index is 241. The van der Waals surface area contributed by atoms with E-state index in [9.17, 15) is 13.9 Å². The predicted molar refractivity (Wildman–Crippen MR) is 55.8 cm³/mol. The van der Waals surface area contributed by atoms with Crippen LogP contribution in [0.2, 0.25) is 0 Å². The fourth-order valence-corrected chi connectivity index (χ4v) is 2.04. The normalized spacial score (nSPS) is 36.4. The van der Waals surface area contributed by atoms with Crippen molar-refractivity contribution in [2.45, 2.75) is 24.3 Å². The van der Waals surface area contributed by atoms with Crippen molar-refractivity contribution in [3.8, 4) is 0 Å². The molecule has 0 bridgehead atoms. The molecule has 0 aromatic heterocycles. The zero-order valence-corrected chi connectivity index (χ0v) is 9.72. The number of methoxy groups -OCH3 is 1. The lowest BCUT2D eigenvalue weighted by molar-refractivity contribution is -0.0372. The molecule has 1 N–H and O–H groups in total. The Labute approximate surface area is 98.0 Å². The van der Waals surface area contributed by atoms with Gasteiger partial charge in [-0.15, -0.1) is 0 Å². The van der Waals surface area contributed by atoms with E-state index in [1.165, 1.54) is 7.11 Å². The summed E-state index contributed by atoms with van der Waals surface area (Å²) in [5.74, 6) is -0.293. The van der Waals surface area contributed by atoms with Gasteiger partial charge in [0.25, 0.3) is 0 Å². The summed E-state index contributed by atoms with van der Waals surface area (Å²) in [4.78, 5) is 0. The molecule has 5 atom stereocenters. The maximum Gasteiger partial charge on any atom is 0.112 e. The monoisotopic (exact) mass is 249 g/mol. The van der Waals surface area contributed by atoms with Crippen LogP contribution in [0.4, 0.5) is 0 Å². The van der Waals surface area contributed by atoms with Crippen LogP contribution in [0.3, 0.4) is 0 Å². The molecular weight excluding hydrogens is 235 g/mol. The van der Waals surface area contributed by atoms with Crippen molar-refractivity contribution < 1.29 is 28.1 Å². The number of aliphatic hydroxyl groups is 1. The Morgan fingerprint density at radius 2 is 2.25 bits per heavy atom. The highest BCUT2D eigenvalue weighted by molar-refractivity contribution is 7.79. The van der Waals surface area contributed by atoms with Crippen LogP contribution in [0.25, 0.3) is 0 Å². The smallest absolute Gasteiger partial charge is 0.112 e. The quantitative estimate of drug-likeness (QED) is 0.338. The van der Waals surface area contributed by atoms with Gasteiger partial charge >= 0.3 is 0 Å². The van der Waals surface area contributed by atoms with Gasteiger partial charge in [-0.05, 0) is 0 Å². The number of hydrogen-bond acceptors (Lipinski definition) is 6. The molecule has 0 amide bonds. The van der Waals surface area contributed by atoms with E-state index in [0.29, 0.717) is 6.61 Å². The van der Waals surface area contributed by atoms with E-state index < -0.39 is 35.4 Å². The summed E-state index contributed by atoms with van der Waals surface area (Å²) in [7, 11) is 7.09. The Morgan fingerprint density at radius 1 is 1.56 bits per heavy atom. The summed E-state index contributed by atoms with van der Waals surface area (Å²) in [5.41, 5.74) is 0. The number of rotatable bonds is 6. The van der Waals surface area contributed by atoms with Crippen molar-refractivity contribution in [2.24, 2.45) is 0 Å². The second kappa shape index (κ2) is 6.68. The lowest BCUT2D eigenvalue weighted by atomic mass is 9.93. The highest BCUT2D eigenvalue weighted by Crippen LogP contribution is 2.22. The molecule has 1 aliphatic heterocycles. The topological polar surface area (TPSA) is 88.1 Å². The zero-order chi connectivity index (χ0) is 12.1. The van der Waals surface area contributed by atoms with E-state index in [-0.39, 0.29) is 12.4 Å². The molecule has 0 saturated carbocycles. The third kappa shape index (κ3) is 3.79. The summed E-state index contributed by atoms with van der Waals surface area (Å²) < 4.78 is 36.1. The Kier molecular flexibility index (Phi) is 5.88. The lowest BCUT2D eigenvalue weighted by Crippen LogP contribution is -2.37. The van der Waals surface area contributed by atoms with Gasteiger partial charge in [-0.1, -0.05) is 11.1 Å². The van der Waals surface area contributed by atoms with Crippen LogP contribution in [-0.2, 0) is 25.3 Å². The molecule has 0 spiro atoms. The summed E-state index contributed by atoms with van der Waals surface area (Å²) in [5, 5.41) is 9.72. The van der Waals surface area contributed by atoms with Crippen LogP contribution in [0.15, 0.2) is 0 Å².